The summed E-state index contributed by atoms with van der Waals surface area (Å²) in [5, 5.41) is 6.30. The van der Waals surface area contributed by atoms with Gasteiger partial charge in [0.05, 0.1) is 51.6 Å². The summed E-state index contributed by atoms with van der Waals surface area (Å²) in [6.45, 7) is 7.15. The minimum atomic E-state index is -0.511. The Labute approximate surface area is 247 Å². The van der Waals surface area contributed by atoms with Gasteiger partial charge in [0.1, 0.15) is 11.2 Å². The van der Waals surface area contributed by atoms with Crippen molar-refractivity contribution in [1.82, 2.24) is 24.6 Å². The van der Waals surface area contributed by atoms with Crippen LogP contribution >= 0.6 is 23.2 Å². The van der Waals surface area contributed by atoms with Gasteiger partial charge in [-0.15, -0.1) is 0 Å². The standard InChI is InChI=1S/C29H31Cl2N7O3/c1-29(2,3)41-28(40)36-10-8-18(9-11-36)38-15-17(13-33-38)23-12-19-24-20(14-32-26(19)34-23)27(39)37(16-35(24)4)25-21(30)6-5-7-22(25)31/h5-7,12-15,18H,8-11,16H2,1-4H3,(H,32,34). The number of aromatic nitrogens is 4. The van der Waals surface area contributed by atoms with E-state index >= 15 is 0 Å². The van der Waals surface area contributed by atoms with Gasteiger partial charge in [-0.2, -0.15) is 5.10 Å². The molecule has 4 aromatic rings. The summed E-state index contributed by atoms with van der Waals surface area (Å²) in [5.41, 5.74) is 3.70. The molecule has 1 fully saturated rings. The molecule has 0 atom stereocenters. The maximum Gasteiger partial charge on any atom is 0.410 e. The fourth-order valence-corrected chi connectivity index (χ4v) is 6.11. The summed E-state index contributed by atoms with van der Waals surface area (Å²) in [7, 11) is 1.93. The zero-order valence-electron chi connectivity index (χ0n) is 23.3. The molecule has 0 bridgehead atoms. The number of nitrogens with zero attached hydrogens (tertiary/aromatic N) is 6. The Kier molecular flexibility index (Phi) is 6.86. The summed E-state index contributed by atoms with van der Waals surface area (Å²) in [5.74, 6) is -0.212. The van der Waals surface area contributed by atoms with Crippen molar-refractivity contribution in [1.29, 1.82) is 0 Å². The fourth-order valence-electron chi connectivity index (χ4n) is 5.51. The van der Waals surface area contributed by atoms with Crippen LogP contribution in [0.1, 0.15) is 50.0 Å². The number of rotatable bonds is 3. The molecule has 12 heteroatoms. The van der Waals surface area contributed by atoms with Crippen molar-refractivity contribution in [2.75, 3.05) is 36.6 Å². The van der Waals surface area contributed by atoms with Crippen molar-refractivity contribution in [2.45, 2.75) is 45.3 Å². The Balaban J connectivity index is 1.23. The monoisotopic (exact) mass is 595 g/mol. The molecule has 6 rings (SSSR count). The number of aromatic amines is 1. The first-order chi connectivity index (χ1) is 19.5. The molecule has 2 amide bonds. The lowest BCUT2D eigenvalue weighted by atomic mass is 10.1. The second-order valence-electron chi connectivity index (χ2n) is 11.5. The second-order valence-corrected chi connectivity index (χ2v) is 12.3. The summed E-state index contributed by atoms with van der Waals surface area (Å²) in [6.07, 6.45) is 6.75. The molecule has 3 aromatic heterocycles. The number of halogens is 2. The number of anilines is 2. The van der Waals surface area contributed by atoms with Crippen LogP contribution in [0.15, 0.2) is 42.9 Å². The predicted molar refractivity (Wildman–Crippen MR) is 160 cm³/mol. The Bertz CT molecular complexity index is 1630. The molecule has 1 saturated heterocycles. The van der Waals surface area contributed by atoms with Gasteiger partial charge >= 0.3 is 6.09 Å². The van der Waals surface area contributed by atoms with Crippen LogP contribution in [0.5, 0.6) is 0 Å². The maximum absolute atomic E-state index is 13.6. The van der Waals surface area contributed by atoms with Crippen molar-refractivity contribution < 1.29 is 14.3 Å². The summed E-state index contributed by atoms with van der Waals surface area (Å²) >= 11 is 12.8. The predicted octanol–water partition coefficient (Wildman–Crippen LogP) is 6.36. The first kappa shape index (κ1) is 27.4. The molecule has 10 nitrogen and oxygen atoms in total. The van der Waals surface area contributed by atoms with Crippen molar-refractivity contribution in [3.63, 3.8) is 0 Å². The summed E-state index contributed by atoms with van der Waals surface area (Å²) in [4.78, 5) is 39.3. The van der Waals surface area contributed by atoms with Crippen LogP contribution < -0.4 is 9.80 Å². The quantitative estimate of drug-likeness (QED) is 0.296. The maximum atomic E-state index is 13.6. The molecule has 0 spiro atoms. The van der Waals surface area contributed by atoms with E-state index in [2.05, 4.69) is 15.1 Å². The minimum Gasteiger partial charge on any atom is -0.444 e. The Morgan fingerprint density at radius 1 is 1.10 bits per heavy atom. The highest BCUT2D eigenvalue weighted by Gasteiger charge is 2.33. The normalized spacial score (nSPS) is 16.4. The third-order valence-electron chi connectivity index (χ3n) is 7.45. The number of benzene rings is 1. The zero-order valence-corrected chi connectivity index (χ0v) is 24.8. The molecule has 1 aromatic carbocycles. The number of carbonyl (C=O) groups is 2. The minimum absolute atomic E-state index is 0.184. The molecule has 2 aliphatic rings. The van der Waals surface area contributed by atoms with E-state index < -0.39 is 5.60 Å². The number of pyridine rings is 1. The summed E-state index contributed by atoms with van der Waals surface area (Å²) < 4.78 is 7.49. The van der Waals surface area contributed by atoms with Gasteiger partial charge in [0.15, 0.2) is 0 Å². The Hall–Kier alpha value is -3.76. The number of hydrogen-bond donors (Lipinski definition) is 1. The van der Waals surface area contributed by atoms with Gasteiger partial charge in [0.2, 0.25) is 0 Å². The summed E-state index contributed by atoms with van der Waals surface area (Å²) in [6, 6.07) is 7.38. The van der Waals surface area contributed by atoms with Crippen LogP contribution in [0, 0.1) is 0 Å². The van der Waals surface area contributed by atoms with Gasteiger partial charge in [-0.05, 0) is 51.8 Å². The smallest absolute Gasteiger partial charge is 0.410 e. The molecular weight excluding hydrogens is 565 g/mol. The second kappa shape index (κ2) is 10.3. The number of amides is 2. The molecule has 2 aliphatic heterocycles. The van der Waals surface area contributed by atoms with E-state index in [0.29, 0.717) is 40.0 Å². The average molecular weight is 597 g/mol. The SMILES string of the molecule is CN1CN(c2c(Cl)cccc2Cl)C(=O)c2cnc3[nH]c(-c4cnn(C5CCN(C(=O)OC(C)(C)C)CC5)c4)cc3c21. The molecular formula is C29H31Cl2N7O3. The lowest BCUT2D eigenvalue weighted by molar-refractivity contribution is 0.0184. The van der Waals surface area contributed by atoms with Gasteiger partial charge in [0.25, 0.3) is 5.91 Å². The van der Waals surface area contributed by atoms with Gasteiger partial charge in [0, 0.05) is 43.5 Å². The van der Waals surface area contributed by atoms with E-state index in [1.807, 2.05) is 55.9 Å². The van der Waals surface area contributed by atoms with Crippen LogP contribution in [-0.4, -0.2) is 69.1 Å². The molecule has 1 N–H and O–H groups in total. The fraction of sp³-hybridized carbons (Fsp3) is 0.379. The molecule has 0 aliphatic carbocycles. The third kappa shape index (κ3) is 5.10. The number of carbonyl (C=O) groups excluding carboxylic acids is 2. The number of para-hydroxylation sites is 1. The molecule has 5 heterocycles. The number of piperidine rings is 1. The largest absolute Gasteiger partial charge is 0.444 e. The molecule has 0 unspecified atom stereocenters. The number of likely N-dealkylation sites (tertiary alicyclic amines) is 1. The lowest BCUT2D eigenvalue weighted by Crippen LogP contribution is -2.45. The number of H-pyrrole nitrogens is 1. The van der Waals surface area contributed by atoms with E-state index in [0.717, 1.165) is 35.2 Å². The lowest BCUT2D eigenvalue weighted by Gasteiger charge is -2.36. The van der Waals surface area contributed by atoms with E-state index in [1.165, 1.54) is 0 Å². The van der Waals surface area contributed by atoms with Crippen LogP contribution in [0.4, 0.5) is 16.2 Å². The van der Waals surface area contributed by atoms with E-state index in [9.17, 15) is 9.59 Å². The van der Waals surface area contributed by atoms with Gasteiger partial charge in [-0.3, -0.25) is 14.4 Å². The van der Waals surface area contributed by atoms with Crippen LogP contribution in [0.3, 0.4) is 0 Å². The van der Waals surface area contributed by atoms with Crippen LogP contribution in [-0.2, 0) is 4.74 Å². The number of nitrogens with one attached hydrogen (secondary N) is 1. The Morgan fingerprint density at radius 2 is 1.80 bits per heavy atom. The van der Waals surface area contributed by atoms with Crippen molar-refractivity contribution in [3.05, 3.63) is 58.5 Å². The van der Waals surface area contributed by atoms with Crippen LogP contribution in [0.25, 0.3) is 22.3 Å². The number of ether oxygens (including phenoxy) is 1. The molecule has 0 saturated carbocycles. The molecule has 41 heavy (non-hydrogen) atoms. The Morgan fingerprint density at radius 3 is 2.49 bits per heavy atom. The highest BCUT2D eigenvalue weighted by molar-refractivity contribution is 6.40. The van der Waals surface area contributed by atoms with Crippen LogP contribution in [0.2, 0.25) is 10.0 Å². The highest BCUT2D eigenvalue weighted by atomic mass is 35.5. The van der Waals surface area contributed by atoms with Crippen molar-refractivity contribution in [3.8, 4) is 11.3 Å². The number of fused-ring (bicyclic) bond motifs is 3. The molecule has 214 valence electrons. The topological polar surface area (TPSA) is 99.6 Å². The van der Waals surface area contributed by atoms with Crippen molar-refractivity contribution in [2.24, 2.45) is 0 Å². The van der Waals surface area contributed by atoms with E-state index in [-0.39, 0.29) is 24.7 Å². The van der Waals surface area contributed by atoms with Gasteiger partial charge in [-0.1, -0.05) is 29.3 Å². The molecule has 0 radical (unpaired) electrons. The van der Waals surface area contributed by atoms with Gasteiger partial charge in [-0.25, -0.2) is 9.78 Å². The third-order valence-corrected chi connectivity index (χ3v) is 8.06. The van der Waals surface area contributed by atoms with Gasteiger partial charge < -0.3 is 19.5 Å². The zero-order chi connectivity index (χ0) is 29.1. The van der Waals surface area contributed by atoms with E-state index in [1.54, 1.807) is 34.2 Å². The first-order valence-corrected chi connectivity index (χ1v) is 14.3. The van der Waals surface area contributed by atoms with E-state index in [4.69, 9.17) is 27.9 Å². The average Bonchev–Trinajstić information content (AvgIpc) is 3.57. The van der Waals surface area contributed by atoms with Crippen molar-refractivity contribution >= 4 is 57.6 Å². The highest BCUT2D eigenvalue weighted by Crippen LogP contribution is 2.40. The first-order valence-electron chi connectivity index (χ1n) is 13.5. The number of hydrogen-bond acceptors (Lipinski definition) is 6.